The minimum absolute atomic E-state index is 0.120. The summed E-state index contributed by atoms with van der Waals surface area (Å²) in [6, 6.07) is 3.89. The van der Waals surface area contributed by atoms with Crippen LogP contribution in [0.25, 0.3) is 11.1 Å². The first-order chi connectivity index (χ1) is 13.0. The van der Waals surface area contributed by atoms with Gasteiger partial charge in [-0.1, -0.05) is 11.6 Å². The van der Waals surface area contributed by atoms with E-state index < -0.39 is 0 Å². The molecule has 138 valence electrons. The fourth-order valence-electron chi connectivity index (χ4n) is 3.15. The number of benzene rings is 1. The third-order valence-electron chi connectivity index (χ3n) is 4.35. The number of fused-ring (bicyclic) bond motifs is 1. The zero-order valence-electron chi connectivity index (χ0n) is 14.8. The van der Waals surface area contributed by atoms with E-state index in [2.05, 4.69) is 20.3 Å². The summed E-state index contributed by atoms with van der Waals surface area (Å²) in [5.41, 5.74) is 3.62. The van der Waals surface area contributed by atoms with Crippen LogP contribution in [0.3, 0.4) is 0 Å². The Labute approximate surface area is 165 Å². The van der Waals surface area contributed by atoms with Crippen LogP contribution in [0.1, 0.15) is 25.9 Å². The van der Waals surface area contributed by atoms with Crippen molar-refractivity contribution in [3.63, 3.8) is 0 Å². The summed E-state index contributed by atoms with van der Waals surface area (Å²) in [5.74, 6) is 0.562. The highest BCUT2D eigenvalue weighted by Crippen LogP contribution is 2.39. The summed E-state index contributed by atoms with van der Waals surface area (Å²) < 4.78 is 5.96. The molecular formula is C19H17ClN4O2S. The summed E-state index contributed by atoms with van der Waals surface area (Å²) in [5, 5.41) is 4.37. The monoisotopic (exact) mass is 400 g/mol. The standard InChI is InChI=1S/C19H17ClN4O2S/c1-10-18(27-11(2)24-10)19(25)23-8-15-4-13-3-12(5-16(20)17(13)26-15)14-6-21-9-22-7-14/h3,5-7,9,15H,4,8H2,1-2H3,(H,23,25)/t15-/m1/s1. The maximum absolute atomic E-state index is 12.4. The van der Waals surface area contributed by atoms with E-state index in [1.165, 1.54) is 17.7 Å². The summed E-state index contributed by atoms with van der Waals surface area (Å²) in [6.45, 7) is 4.14. The van der Waals surface area contributed by atoms with Gasteiger partial charge in [-0.05, 0) is 31.5 Å². The van der Waals surface area contributed by atoms with Gasteiger partial charge in [0.25, 0.3) is 5.91 Å². The van der Waals surface area contributed by atoms with E-state index in [4.69, 9.17) is 16.3 Å². The molecule has 1 atom stereocenters. The van der Waals surface area contributed by atoms with Gasteiger partial charge in [-0.2, -0.15) is 0 Å². The predicted octanol–water partition coefficient (Wildman–Crippen LogP) is 3.60. The van der Waals surface area contributed by atoms with Gasteiger partial charge in [0.1, 0.15) is 23.1 Å². The molecular weight excluding hydrogens is 384 g/mol. The lowest BCUT2D eigenvalue weighted by Gasteiger charge is -2.12. The lowest BCUT2D eigenvalue weighted by Crippen LogP contribution is -2.34. The first-order valence-electron chi connectivity index (χ1n) is 8.48. The fourth-order valence-corrected chi connectivity index (χ4v) is 4.26. The van der Waals surface area contributed by atoms with Crippen LogP contribution in [0, 0.1) is 13.8 Å². The number of hydrogen-bond donors (Lipinski definition) is 1. The Morgan fingerprint density at radius 1 is 1.30 bits per heavy atom. The van der Waals surface area contributed by atoms with Crippen LogP contribution < -0.4 is 10.1 Å². The number of halogens is 1. The van der Waals surface area contributed by atoms with E-state index in [1.807, 2.05) is 26.0 Å². The van der Waals surface area contributed by atoms with E-state index in [9.17, 15) is 4.79 Å². The minimum Gasteiger partial charge on any atom is -0.486 e. The van der Waals surface area contributed by atoms with Crippen LogP contribution in [-0.2, 0) is 6.42 Å². The quantitative estimate of drug-likeness (QED) is 0.724. The summed E-state index contributed by atoms with van der Waals surface area (Å²) in [6.07, 6.45) is 5.51. The number of rotatable bonds is 4. The van der Waals surface area contributed by atoms with Crippen LogP contribution in [0.5, 0.6) is 5.75 Å². The van der Waals surface area contributed by atoms with Gasteiger partial charge in [-0.15, -0.1) is 11.3 Å². The first-order valence-corrected chi connectivity index (χ1v) is 9.67. The minimum atomic E-state index is -0.155. The topological polar surface area (TPSA) is 77.0 Å². The molecule has 0 saturated carbocycles. The lowest BCUT2D eigenvalue weighted by molar-refractivity contribution is 0.0937. The van der Waals surface area contributed by atoms with Crippen molar-refractivity contribution in [1.82, 2.24) is 20.3 Å². The number of nitrogens with zero attached hydrogens (tertiary/aromatic N) is 3. The number of carbonyl (C=O) groups is 1. The molecule has 3 heterocycles. The van der Waals surface area contributed by atoms with Crippen LogP contribution in [-0.4, -0.2) is 33.5 Å². The van der Waals surface area contributed by atoms with Gasteiger partial charge in [0.05, 0.1) is 22.3 Å². The molecule has 8 heteroatoms. The second kappa shape index (κ2) is 7.25. The molecule has 0 bridgehead atoms. The van der Waals surface area contributed by atoms with Gasteiger partial charge in [-0.3, -0.25) is 4.79 Å². The first kappa shape index (κ1) is 17.9. The highest BCUT2D eigenvalue weighted by Gasteiger charge is 2.27. The number of nitrogens with one attached hydrogen (secondary N) is 1. The number of hydrogen-bond acceptors (Lipinski definition) is 6. The molecule has 0 fully saturated rings. The molecule has 27 heavy (non-hydrogen) atoms. The zero-order valence-corrected chi connectivity index (χ0v) is 16.4. The normalized spacial score (nSPS) is 15.3. The maximum Gasteiger partial charge on any atom is 0.263 e. The summed E-state index contributed by atoms with van der Waals surface area (Å²) >= 11 is 7.81. The van der Waals surface area contributed by atoms with E-state index >= 15 is 0 Å². The van der Waals surface area contributed by atoms with Crippen molar-refractivity contribution < 1.29 is 9.53 Å². The van der Waals surface area contributed by atoms with E-state index in [0.717, 1.165) is 27.4 Å². The second-order valence-electron chi connectivity index (χ2n) is 6.37. The SMILES string of the molecule is Cc1nc(C)c(C(=O)NC[C@H]2Cc3cc(-c4cncnc4)cc(Cl)c3O2)s1. The number of carbonyl (C=O) groups excluding carboxylic acids is 1. The molecule has 6 nitrogen and oxygen atoms in total. The van der Waals surface area contributed by atoms with Crippen molar-refractivity contribution in [2.24, 2.45) is 0 Å². The van der Waals surface area contributed by atoms with E-state index in [0.29, 0.717) is 28.6 Å². The van der Waals surface area contributed by atoms with Crippen molar-refractivity contribution in [3.8, 4) is 16.9 Å². The van der Waals surface area contributed by atoms with Crippen molar-refractivity contribution in [1.29, 1.82) is 0 Å². The van der Waals surface area contributed by atoms with Gasteiger partial charge in [-0.25, -0.2) is 15.0 Å². The van der Waals surface area contributed by atoms with Gasteiger partial charge in [0.15, 0.2) is 0 Å². The van der Waals surface area contributed by atoms with Crippen molar-refractivity contribution in [2.75, 3.05) is 6.54 Å². The average molecular weight is 401 g/mol. The highest BCUT2D eigenvalue weighted by atomic mass is 35.5. The largest absolute Gasteiger partial charge is 0.486 e. The van der Waals surface area contributed by atoms with Gasteiger partial charge < -0.3 is 10.1 Å². The molecule has 1 aliphatic heterocycles. The second-order valence-corrected chi connectivity index (χ2v) is 7.99. The number of thiazole rings is 1. The Kier molecular flexibility index (Phi) is 4.80. The van der Waals surface area contributed by atoms with Crippen molar-refractivity contribution in [2.45, 2.75) is 26.4 Å². The van der Waals surface area contributed by atoms with Crippen molar-refractivity contribution in [3.05, 3.63) is 57.0 Å². The number of amides is 1. The predicted molar refractivity (Wildman–Crippen MR) is 105 cm³/mol. The van der Waals surface area contributed by atoms with Crippen LogP contribution in [0.2, 0.25) is 5.02 Å². The molecule has 0 saturated heterocycles. The molecule has 2 aromatic heterocycles. The van der Waals surface area contributed by atoms with Crippen LogP contribution in [0.15, 0.2) is 30.9 Å². The summed E-state index contributed by atoms with van der Waals surface area (Å²) in [4.78, 5) is 25.4. The third-order valence-corrected chi connectivity index (χ3v) is 5.70. The molecule has 0 unspecified atom stereocenters. The zero-order chi connectivity index (χ0) is 19.0. The maximum atomic E-state index is 12.4. The number of ether oxygens (including phenoxy) is 1. The van der Waals surface area contributed by atoms with E-state index in [-0.39, 0.29) is 12.0 Å². The van der Waals surface area contributed by atoms with Crippen molar-refractivity contribution >= 4 is 28.8 Å². The Morgan fingerprint density at radius 2 is 2.07 bits per heavy atom. The molecule has 1 aliphatic rings. The van der Waals surface area contributed by atoms with Gasteiger partial charge >= 0.3 is 0 Å². The Hall–Kier alpha value is -2.51. The molecule has 3 aromatic rings. The average Bonchev–Trinajstić information content (AvgIpc) is 3.23. The molecule has 0 radical (unpaired) electrons. The Balaban J connectivity index is 1.46. The summed E-state index contributed by atoms with van der Waals surface area (Å²) in [7, 11) is 0. The molecule has 1 aromatic carbocycles. The highest BCUT2D eigenvalue weighted by molar-refractivity contribution is 7.13. The third kappa shape index (κ3) is 3.65. The van der Waals surface area contributed by atoms with Crippen LogP contribution >= 0.6 is 22.9 Å². The molecule has 0 spiro atoms. The number of aromatic nitrogens is 3. The molecule has 1 N–H and O–H groups in total. The fraction of sp³-hybridized carbons (Fsp3) is 0.263. The smallest absolute Gasteiger partial charge is 0.263 e. The molecule has 0 aliphatic carbocycles. The molecule has 4 rings (SSSR count). The van der Waals surface area contributed by atoms with Gasteiger partial charge in [0, 0.05) is 29.9 Å². The Bertz CT molecular complexity index is 1010. The van der Waals surface area contributed by atoms with Gasteiger partial charge in [0.2, 0.25) is 0 Å². The lowest BCUT2D eigenvalue weighted by atomic mass is 10.0. The van der Waals surface area contributed by atoms with Crippen LogP contribution in [0.4, 0.5) is 0 Å². The van der Waals surface area contributed by atoms with E-state index in [1.54, 1.807) is 12.4 Å². The number of aryl methyl sites for hydroxylation is 2. The Morgan fingerprint density at radius 3 is 2.78 bits per heavy atom. The molecule has 1 amide bonds.